The molecule has 3 amide bonds. The van der Waals surface area contributed by atoms with E-state index in [1.165, 1.54) is 0 Å². The van der Waals surface area contributed by atoms with E-state index in [-0.39, 0.29) is 24.8 Å². The number of aromatic nitrogens is 1. The number of ether oxygens (including phenoxy) is 1. The fourth-order valence-corrected chi connectivity index (χ4v) is 2.55. The summed E-state index contributed by atoms with van der Waals surface area (Å²) in [6.07, 6.45) is 3.31. The number of pyridine rings is 1. The summed E-state index contributed by atoms with van der Waals surface area (Å²) in [6, 6.07) is 16.4. The zero-order chi connectivity index (χ0) is 21.3. The number of nitrogens with one attached hydrogen (secondary N) is 2. The summed E-state index contributed by atoms with van der Waals surface area (Å²) in [5, 5.41) is 5.40. The van der Waals surface area contributed by atoms with Crippen LogP contribution in [0.25, 0.3) is 0 Å². The molecule has 0 saturated carbocycles. The number of hydrogen-bond donors (Lipinski definition) is 3. The molecule has 0 aliphatic heterocycles. The first kappa shape index (κ1) is 20.5. The zero-order valence-electron chi connectivity index (χ0n) is 16.0. The number of rotatable bonds is 8. The fourth-order valence-electron chi connectivity index (χ4n) is 2.55. The van der Waals surface area contributed by atoms with Crippen LogP contribution in [-0.2, 0) is 4.79 Å². The Morgan fingerprint density at radius 1 is 0.900 bits per heavy atom. The summed E-state index contributed by atoms with van der Waals surface area (Å²) < 4.78 is 5.68. The van der Waals surface area contributed by atoms with Gasteiger partial charge in [-0.2, -0.15) is 0 Å². The lowest BCUT2D eigenvalue weighted by atomic mass is 10.2. The van der Waals surface area contributed by atoms with Gasteiger partial charge in [-0.15, -0.1) is 0 Å². The number of amides is 3. The highest BCUT2D eigenvalue weighted by Gasteiger charge is 2.08. The van der Waals surface area contributed by atoms with Gasteiger partial charge in [-0.3, -0.25) is 19.4 Å². The first-order valence-corrected chi connectivity index (χ1v) is 9.17. The van der Waals surface area contributed by atoms with Gasteiger partial charge in [-0.1, -0.05) is 0 Å². The Morgan fingerprint density at radius 3 is 2.10 bits per heavy atom. The van der Waals surface area contributed by atoms with E-state index in [2.05, 4.69) is 15.6 Å². The van der Waals surface area contributed by atoms with Gasteiger partial charge in [0.1, 0.15) is 11.5 Å². The third-order valence-electron chi connectivity index (χ3n) is 4.07. The summed E-state index contributed by atoms with van der Waals surface area (Å²) in [7, 11) is 0. The van der Waals surface area contributed by atoms with E-state index < -0.39 is 5.91 Å². The summed E-state index contributed by atoms with van der Waals surface area (Å²) in [5.41, 5.74) is 6.65. The van der Waals surface area contributed by atoms with Gasteiger partial charge in [0.25, 0.3) is 5.91 Å². The van der Waals surface area contributed by atoms with Crippen LogP contribution in [-0.4, -0.2) is 29.3 Å². The quantitative estimate of drug-likeness (QED) is 0.533. The Balaban J connectivity index is 1.46. The van der Waals surface area contributed by atoms with E-state index in [0.717, 1.165) is 0 Å². The Bertz CT molecular complexity index is 1020. The lowest BCUT2D eigenvalue weighted by Gasteiger charge is -2.08. The Kier molecular flexibility index (Phi) is 6.73. The van der Waals surface area contributed by atoms with Crippen LogP contribution < -0.4 is 21.1 Å². The second kappa shape index (κ2) is 9.83. The number of nitrogens with two attached hydrogens (primary N) is 1. The molecule has 3 rings (SSSR count). The molecule has 30 heavy (non-hydrogen) atoms. The third kappa shape index (κ3) is 5.90. The predicted molar refractivity (Wildman–Crippen MR) is 111 cm³/mol. The van der Waals surface area contributed by atoms with Gasteiger partial charge in [0, 0.05) is 30.3 Å². The van der Waals surface area contributed by atoms with E-state index in [1.807, 2.05) is 0 Å². The molecule has 0 fully saturated rings. The van der Waals surface area contributed by atoms with Crippen molar-refractivity contribution in [1.82, 2.24) is 10.3 Å². The van der Waals surface area contributed by atoms with Gasteiger partial charge in [0.2, 0.25) is 11.8 Å². The molecule has 0 aliphatic rings. The molecule has 1 heterocycles. The van der Waals surface area contributed by atoms with Crippen LogP contribution in [0.4, 0.5) is 5.69 Å². The standard InChI is InChI=1S/C22H20N4O4/c23-21(28)15-3-7-18(8-4-15)30-19-9-5-16(6-10-19)22(29)25-13-11-20(27)26-17-2-1-12-24-14-17/h1-10,12,14H,11,13H2,(H2,23,28)(H,25,29)(H,26,27). The average Bonchev–Trinajstić information content (AvgIpc) is 2.75. The molecule has 1 aromatic heterocycles. The van der Waals surface area contributed by atoms with Gasteiger partial charge in [-0.05, 0) is 60.7 Å². The minimum absolute atomic E-state index is 0.142. The highest BCUT2D eigenvalue weighted by atomic mass is 16.5. The maximum absolute atomic E-state index is 12.2. The number of carbonyl (C=O) groups excluding carboxylic acids is 3. The molecule has 152 valence electrons. The van der Waals surface area contributed by atoms with E-state index >= 15 is 0 Å². The zero-order valence-corrected chi connectivity index (χ0v) is 16.0. The van der Waals surface area contributed by atoms with Crippen molar-refractivity contribution in [1.29, 1.82) is 0 Å². The van der Waals surface area contributed by atoms with Crippen molar-refractivity contribution in [3.8, 4) is 11.5 Å². The van der Waals surface area contributed by atoms with Crippen molar-refractivity contribution < 1.29 is 19.1 Å². The first-order chi connectivity index (χ1) is 14.5. The van der Waals surface area contributed by atoms with Crippen LogP contribution >= 0.6 is 0 Å². The highest BCUT2D eigenvalue weighted by Crippen LogP contribution is 2.22. The van der Waals surface area contributed by atoms with Crippen molar-refractivity contribution in [3.05, 3.63) is 84.2 Å². The minimum Gasteiger partial charge on any atom is -0.457 e. The SMILES string of the molecule is NC(=O)c1ccc(Oc2ccc(C(=O)NCCC(=O)Nc3cccnc3)cc2)cc1. The maximum Gasteiger partial charge on any atom is 0.251 e. The van der Waals surface area contributed by atoms with Crippen LogP contribution in [0.2, 0.25) is 0 Å². The van der Waals surface area contributed by atoms with Gasteiger partial charge >= 0.3 is 0 Å². The lowest BCUT2D eigenvalue weighted by molar-refractivity contribution is -0.116. The number of hydrogen-bond acceptors (Lipinski definition) is 5. The molecule has 0 unspecified atom stereocenters. The number of nitrogens with zero attached hydrogens (tertiary/aromatic N) is 1. The van der Waals surface area contributed by atoms with Crippen LogP contribution in [0, 0.1) is 0 Å². The van der Waals surface area contributed by atoms with Crippen LogP contribution in [0.5, 0.6) is 11.5 Å². The normalized spacial score (nSPS) is 10.1. The molecule has 0 atom stereocenters. The molecule has 0 radical (unpaired) electrons. The molecule has 3 aromatic rings. The topological polar surface area (TPSA) is 123 Å². The Labute approximate surface area is 173 Å². The van der Waals surface area contributed by atoms with Crippen LogP contribution in [0.1, 0.15) is 27.1 Å². The Morgan fingerprint density at radius 2 is 1.53 bits per heavy atom. The molecular formula is C22H20N4O4. The molecule has 2 aromatic carbocycles. The van der Waals surface area contributed by atoms with Crippen molar-refractivity contribution in [2.45, 2.75) is 6.42 Å². The maximum atomic E-state index is 12.2. The fraction of sp³-hybridized carbons (Fsp3) is 0.0909. The molecule has 0 aliphatic carbocycles. The average molecular weight is 404 g/mol. The summed E-state index contributed by atoms with van der Waals surface area (Å²) in [6.45, 7) is 0.204. The predicted octanol–water partition coefficient (Wildman–Crippen LogP) is 2.73. The third-order valence-corrected chi connectivity index (χ3v) is 4.07. The monoisotopic (exact) mass is 404 g/mol. The molecule has 0 bridgehead atoms. The number of anilines is 1. The van der Waals surface area contributed by atoms with Crippen molar-refractivity contribution in [3.63, 3.8) is 0 Å². The molecule has 8 heteroatoms. The van der Waals surface area contributed by atoms with Crippen molar-refractivity contribution >= 4 is 23.4 Å². The minimum atomic E-state index is -0.508. The van der Waals surface area contributed by atoms with Gasteiger partial charge in [0.05, 0.1) is 11.9 Å². The first-order valence-electron chi connectivity index (χ1n) is 9.17. The summed E-state index contributed by atoms with van der Waals surface area (Å²) in [5.74, 6) is 0.0634. The largest absolute Gasteiger partial charge is 0.457 e. The van der Waals surface area contributed by atoms with E-state index in [4.69, 9.17) is 10.5 Å². The number of carbonyl (C=O) groups is 3. The molecule has 4 N–H and O–H groups in total. The smallest absolute Gasteiger partial charge is 0.251 e. The number of primary amides is 1. The molecule has 0 saturated heterocycles. The second-order valence-electron chi connectivity index (χ2n) is 6.31. The van der Waals surface area contributed by atoms with Gasteiger partial charge in [0.15, 0.2) is 0 Å². The highest BCUT2D eigenvalue weighted by molar-refractivity contribution is 5.95. The second-order valence-corrected chi connectivity index (χ2v) is 6.31. The lowest BCUT2D eigenvalue weighted by Crippen LogP contribution is -2.27. The Hall–Kier alpha value is -4.20. The van der Waals surface area contributed by atoms with Crippen LogP contribution in [0.3, 0.4) is 0 Å². The van der Waals surface area contributed by atoms with Crippen molar-refractivity contribution in [2.24, 2.45) is 5.73 Å². The number of benzene rings is 2. The van der Waals surface area contributed by atoms with Gasteiger partial charge < -0.3 is 21.1 Å². The molecule has 0 spiro atoms. The van der Waals surface area contributed by atoms with E-state index in [0.29, 0.717) is 28.3 Å². The molecular weight excluding hydrogens is 384 g/mol. The van der Waals surface area contributed by atoms with E-state index in [1.54, 1.807) is 73.1 Å². The summed E-state index contributed by atoms with van der Waals surface area (Å²) >= 11 is 0. The van der Waals surface area contributed by atoms with Crippen molar-refractivity contribution in [2.75, 3.05) is 11.9 Å². The summed E-state index contributed by atoms with van der Waals surface area (Å²) in [4.78, 5) is 39.1. The van der Waals surface area contributed by atoms with Crippen LogP contribution in [0.15, 0.2) is 73.1 Å². The molecule has 8 nitrogen and oxygen atoms in total. The van der Waals surface area contributed by atoms with Gasteiger partial charge in [-0.25, -0.2) is 0 Å². The van der Waals surface area contributed by atoms with E-state index in [9.17, 15) is 14.4 Å².